The van der Waals surface area contributed by atoms with Gasteiger partial charge in [0.2, 0.25) is 5.88 Å². The first-order chi connectivity index (χ1) is 10.7. The molecule has 0 saturated heterocycles. The Kier molecular flexibility index (Phi) is 4.07. The molecular formula is C16H11ClN2O3. The Hall–Kier alpha value is -2.79. The number of nitrogens with zero attached hydrogens (tertiary/aromatic N) is 1. The molecular weight excluding hydrogens is 304 g/mol. The van der Waals surface area contributed by atoms with Crippen molar-refractivity contribution in [1.29, 1.82) is 0 Å². The van der Waals surface area contributed by atoms with Crippen LogP contribution in [0.4, 0.5) is 5.69 Å². The number of rotatable bonds is 4. The number of nitrogens with one attached hydrogen (secondary N) is 1. The SMILES string of the molecule is O=C(Nc1ccc(Oc2ccc(Cl)cc2)nc1)c1ccoc1. The predicted molar refractivity (Wildman–Crippen MR) is 82.4 cm³/mol. The number of ether oxygens (including phenoxy) is 1. The van der Waals surface area contributed by atoms with Crippen LogP contribution in [-0.2, 0) is 0 Å². The molecule has 2 aromatic heterocycles. The van der Waals surface area contributed by atoms with Gasteiger partial charge in [0.1, 0.15) is 12.0 Å². The van der Waals surface area contributed by atoms with Gasteiger partial charge in [0.25, 0.3) is 5.91 Å². The zero-order valence-electron chi connectivity index (χ0n) is 11.3. The van der Waals surface area contributed by atoms with Gasteiger partial charge < -0.3 is 14.5 Å². The smallest absolute Gasteiger partial charge is 0.258 e. The number of aromatic nitrogens is 1. The van der Waals surface area contributed by atoms with Crippen LogP contribution in [0.5, 0.6) is 11.6 Å². The summed E-state index contributed by atoms with van der Waals surface area (Å²) in [5, 5.41) is 3.35. The van der Waals surface area contributed by atoms with E-state index in [0.29, 0.717) is 27.9 Å². The highest BCUT2D eigenvalue weighted by atomic mass is 35.5. The summed E-state index contributed by atoms with van der Waals surface area (Å²) in [4.78, 5) is 16.0. The third-order valence-corrected chi connectivity index (χ3v) is 3.07. The minimum absolute atomic E-state index is 0.262. The molecule has 0 aliphatic rings. The number of pyridine rings is 1. The van der Waals surface area contributed by atoms with Gasteiger partial charge in [0, 0.05) is 11.1 Å². The molecule has 0 radical (unpaired) electrons. The van der Waals surface area contributed by atoms with E-state index >= 15 is 0 Å². The normalized spacial score (nSPS) is 10.2. The molecule has 0 fully saturated rings. The number of carbonyl (C=O) groups is 1. The van der Waals surface area contributed by atoms with Gasteiger partial charge in [-0.25, -0.2) is 4.98 Å². The summed E-state index contributed by atoms with van der Waals surface area (Å²) in [5.74, 6) is 0.789. The quantitative estimate of drug-likeness (QED) is 0.776. The molecule has 0 saturated carbocycles. The fraction of sp³-hybridized carbons (Fsp3) is 0. The highest BCUT2D eigenvalue weighted by molar-refractivity contribution is 6.30. The summed E-state index contributed by atoms with van der Waals surface area (Å²) in [7, 11) is 0. The number of hydrogen-bond donors (Lipinski definition) is 1. The number of anilines is 1. The lowest BCUT2D eigenvalue weighted by atomic mass is 10.3. The molecule has 6 heteroatoms. The van der Waals surface area contributed by atoms with Crippen LogP contribution < -0.4 is 10.1 Å². The van der Waals surface area contributed by atoms with Crippen molar-refractivity contribution in [2.45, 2.75) is 0 Å². The molecule has 3 aromatic rings. The first kappa shape index (κ1) is 14.2. The number of carbonyl (C=O) groups excluding carboxylic acids is 1. The third kappa shape index (κ3) is 3.45. The van der Waals surface area contributed by atoms with E-state index in [1.165, 1.54) is 18.7 Å². The summed E-state index contributed by atoms with van der Waals surface area (Å²) in [5.41, 5.74) is 1.01. The number of benzene rings is 1. The van der Waals surface area contributed by atoms with Crippen LogP contribution in [0.2, 0.25) is 5.02 Å². The van der Waals surface area contributed by atoms with E-state index in [2.05, 4.69) is 10.3 Å². The molecule has 0 spiro atoms. The van der Waals surface area contributed by atoms with Gasteiger partial charge >= 0.3 is 0 Å². The topological polar surface area (TPSA) is 64.4 Å². The molecule has 0 aliphatic carbocycles. The number of hydrogen-bond acceptors (Lipinski definition) is 4. The van der Waals surface area contributed by atoms with E-state index < -0.39 is 0 Å². The first-order valence-corrected chi connectivity index (χ1v) is 6.81. The molecule has 110 valence electrons. The van der Waals surface area contributed by atoms with Crippen molar-refractivity contribution in [3.63, 3.8) is 0 Å². The maximum absolute atomic E-state index is 11.8. The average Bonchev–Trinajstić information content (AvgIpc) is 3.06. The molecule has 1 aromatic carbocycles. The highest BCUT2D eigenvalue weighted by Crippen LogP contribution is 2.22. The van der Waals surface area contributed by atoms with E-state index in [0.717, 1.165) is 0 Å². The predicted octanol–water partition coefficient (Wildman–Crippen LogP) is 4.37. The Balaban J connectivity index is 1.65. The van der Waals surface area contributed by atoms with Crippen molar-refractivity contribution < 1.29 is 13.9 Å². The molecule has 22 heavy (non-hydrogen) atoms. The van der Waals surface area contributed by atoms with Crippen LogP contribution in [0.15, 0.2) is 65.6 Å². The van der Waals surface area contributed by atoms with Gasteiger partial charge in [-0.3, -0.25) is 4.79 Å². The Morgan fingerprint density at radius 1 is 1.14 bits per heavy atom. The van der Waals surface area contributed by atoms with Crippen molar-refractivity contribution >= 4 is 23.2 Å². The first-order valence-electron chi connectivity index (χ1n) is 6.44. The minimum Gasteiger partial charge on any atom is -0.472 e. The second-order valence-corrected chi connectivity index (χ2v) is 4.84. The summed E-state index contributed by atoms with van der Waals surface area (Å²) in [6.07, 6.45) is 4.33. The third-order valence-electron chi connectivity index (χ3n) is 2.81. The van der Waals surface area contributed by atoms with E-state index in [1.807, 2.05) is 0 Å². The van der Waals surface area contributed by atoms with Crippen molar-refractivity contribution in [2.24, 2.45) is 0 Å². The minimum atomic E-state index is -0.262. The van der Waals surface area contributed by atoms with Gasteiger partial charge in [-0.05, 0) is 36.4 Å². The fourth-order valence-corrected chi connectivity index (χ4v) is 1.86. The monoisotopic (exact) mass is 314 g/mol. The van der Waals surface area contributed by atoms with E-state index in [9.17, 15) is 4.79 Å². The number of halogens is 1. The molecule has 0 bridgehead atoms. The van der Waals surface area contributed by atoms with Crippen molar-refractivity contribution in [3.05, 3.63) is 71.8 Å². The lowest BCUT2D eigenvalue weighted by molar-refractivity contribution is 0.102. The molecule has 0 aliphatic heterocycles. The van der Waals surface area contributed by atoms with Crippen LogP contribution in [0.3, 0.4) is 0 Å². The standard InChI is InChI=1S/C16H11ClN2O3/c17-12-1-4-14(5-2-12)22-15-6-3-13(9-18-15)19-16(20)11-7-8-21-10-11/h1-10H,(H,19,20). The van der Waals surface area contributed by atoms with Crippen LogP contribution in [0.1, 0.15) is 10.4 Å². The van der Waals surface area contributed by atoms with E-state index in [1.54, 1.807) is 42.5 Å². The van der Waals surface area contributed by atoms with Crippen LogP contribution >= 0.6 is 11.6 Å². The van der Waals surface area contributed by atoms with Gasteiger partial charge in [-0.1, -0.05) is 11.6 Å². The number of amides is 1. The maximum atomic E-state index is 11.8. The highest BCUT2D eigenvalue weighted by Gasteiger charge is 2.07. The van der Waals surface area contributed by atoms with E-state index in [-0.39, 0.29) is 5.91 Å². The lowest BCUT2D eigenvalue weighted by Gasteiger charge is -2.06. The summed E-state index contributed by atoms with van der Waals surface area (Å²) < 4.78 is 10.4. The summed E-state index contributed by atoms with van der Waals surface area (Å²) in [6, 6.07) is 11.9. The molecule has 1 amide bonds. The maximum Gasteiger partial charge on any atom is 0.258 e. The fourth-order valence-electron chi connectivity index (χ4n) is 1.73. The van der Waals surface area contributed by atoms with Crippen LogP contribution in [0.25, 0.3) is 0 Å². The second kappa shape index (κ2) is 6.32. The Morgan fingerprint density at radius 2 is 1.95 bits per heavy atom. The molecule has 2 heterocycles. The summed E-state index contributed by atoms with van der Waals surface area (Å²) in [6.45, 7) is 0. The Labute approximate surface area is 131 Å². The summed E-state index contributed by atoms with van der Waals surface area (Å²) >= 11 is 5.81. The molecule has 3 rings (SSSR count). The van der Waals surface area contributed by atoms with Crippen molar-refractivity contribution in [2.75, 3.05) is 5.32 Å². The van der Waals surface area contributed by atoms with Crippen molar-refractivity contribution in [3.8, 4) is 11.6 Å². The van der Waals surface area contributed by atoms with Crippen LogP contribution in [0, 0.1) is 0 Å². The Morgan fingerprint density at radius 3 is 2.59 bits per heavy atom. The molecule has 5 nitrogen and oxygen atoms in total. The van der Waals surface area contributed by atoms with Crippen LogP contribution in [-0.4, -0.2) is 10.9 Å². The van der Waals surface area contributed by atoms with Crippen molar-refractivity contribution in [1.82, 2.24) is 4.98 Å². The van der Waals surface area contributed by atoms with Gasteiger partial charge in [0.05, 0.1) is 23.7 Å². The molecule has 0 atom stereocenters. The number of furan rings is 1. The molecule has 1 N–H and O–H groups in total. The largest absolute Gasteiger partial charge is 0.472 e. The zero-order chi connectivity index (χ0) is 15.4. The van der Waals surface area contributed by atoms with Gasteiger partial charge in [-0.2, -0.15) is 0 Å². The lowest BCUT2D eigenvalue weighted by Crippen LogP contribution is -2.10. The van der Waals surface area contributed by atoms with Gasteiger partial charge in [-0.15, -0.1) is 0 Å². The second-order valence-electron chi connectivity index (χ2n) is 4.41. The van der Waals surface area contributed by atoms with Gasteiger partial charge in [0.15, 0.2) is 0 Å². The molecule has 0 unspecified atom stereocenters. The Bertz CT molecular complexity index is 753. The zero-order valence-corrected chi connectivity index (χ0v) is 12.1. The average molecular weight is 315 g/mol. The van der Waals surface area contributed by atoms with E-state index in [4.69, 9.17) is 20.8 Å².